The highest BCUT2D eigenvalue weighted by molar-refractivity contribution is 4.60. The van der Waals surface area contributed by atoms with E-state index in [9.17, 15) is 0 Å². The fourth-order valence-corrected chi connectivity index (χ4v) is 0.250. The van der Waals surface area contributed by atoms with Gasteiger partial charge in [0.25, 0.3) is 0 Å². The maximum atomic E-state index is 3.48. The van der Waals surface area contributed by atoms with Gasteiger partial charge >= 0.3 is 0 Å². The molecule has 1 aliphatic rings. The van der Waals surface area contributed by atoms with Crippen molar-refractivity contribution in [1.82, 2.24) is 0 Å². The second-order valence-electron chi connectivity index (χ2n) is 2.11. The first-order valence-electron chi connectivity index (χ1n) is 3.52. The second kappa shape index (κ2) is 6.74. The van der Waals surface area contributed by atoms with E-state index >= 15 is 0 Å². The Hall–Kier alpha value is -0.260. The summed E-state index contributed by atoms with van der Waals surface area (Å²) in [6, 6.07) is 0. The highest BCUT2D eigenvalue weighted by Crippen LogP contribution is 2.15. The smallest absolute Gasteiger partial charge is 0.0382 e. The molecule has 1 fully saturated rings. The highest BCUT2D eigenvalue weighted by atomic mass is 14.0. The minimum absolute atomic E-state index is 1.08. The Morgan fingerprint density at radius 2 is 1.50 bits per heavy atom. The lowest BCUT2D eigenvalue weighted by atomic mass is 10.0. The van der Waals surface area contributed by atoms with Crippen LogP contribution in [0.4, 0.5) is 0 Å². The first-order valence-corrected chi connectivity index (χ1v) is 3.52. The van der Waals surface area contributed by atoms with Crippen molar-refractivity contribution in [2.75, 3.05) is 0 Å². The van der Waals surface area contributed by atoms with E-state index in [1.165, 1.54) is 25.7 Å². The van der Waals surface area contributed by atoms with Crippen LogP contribution >= 0.6 is 0 Å². The molecule has 0 aromatic rings. The Morgan fingerprint density at radius 1 is 1.25 bits per heavy atom. The van der Waals surface area contributed by atoms with Crippen LogP contribution in [0.1, 0.15) is 39.0 Å². The van der Waals surface area contributed by atoms with Gasteiger partial charge in [-0.15, -0.1) is 6.58 Å². The Morgan fingerprint density at radius 3 is 1.50 bits per heavy atom. The van der Waals surface area contributed by atoms with E-state index in [4.69, 9.17) is 0 Å². The molecular weight excluding hydrogens is 96.1 g/mol. The van der Waals surface area contributed by atoms with Crippen molar-refractivity contribution in [1.29, 1.82) is 0 Å². The molecule has 0 unspecified atom stereocenters. The van der Waals surface area contributed by atoms with Crippen LogP contribution in [0.5, 0.6) is 0 Å². The zero-order chi connectivity index (χ0) is 6.24. The lowest BCUT2D eigenvalue weighted by Gasteiger charge is -2.05. The average Bonchev–Trinajstić information content (AvgIpc) is 1.61. The van der Waals surface area contributed by atoms with Gasteiger partial charge in [0.2, 0.25) is 0 Å². The van der Waals surface area contributed by atoms with Gasteiger partial charge in [0.05, 0.1) is 0 Å². The van der Waals surface area contributed by atoms with Crippen LogP contribution in [0.3, 0.4) is 0 Å². The monoisotopic (exact) mass is 112 g/mol. The van der Waals surface area contributed by atoms with E-state index in [1.54, 1.807) is 0 Å². The topological polar surface area (TPSA) is 0 Å². The zero-order valence-corrected chi connectivity index (χ0v) is 5.82. The maximum absolute atomic E-state index is 3.48. The van der Waals surface area contributed by atoms with Crippen molar-refractivity contribution < 1.29 is 0 Å². The summed E-state index contributed by atoms with van der Waals surface area (Å²) in [6.45, 7) is 5.54. The van der Waals surface area contributed by atoms with Gasteiger partial charge in [-0.2, -0.15) is 0 Å². The average molecular weight is 112 g/mol. The molecule has 0 bridgehead atoms. The Kier molecular flexibility index (Phi) is 6.52. The third kappa shape index (κ3) is 5.74. The molecule has 1 saturated carbocycles. The van der Waals surface area contributed by atoms with Gasteiger partial charge in [-0.1, -0.05) is 38.7 Å². The van der Waals surface area contributed by atoms with Crippen LogP contribution in [0.15, 0.2) is 12.7 Å². The van der Waals surface area contributed by atoms with Gasteiger partial charge in [0.1, 0.15) is 0 Å². The number of allylic oxidation sites excluding steroid dienone is 1. The molecule has 0 aliphatic heterocycles. The number of hydrogen-bond donors (Lipinski definition) is 0. The molecule has 0 amide bonds. The van der Waals surface area contributed by atoms with E-state index < -0.39 is 0 Å². The Bertz CT molecular complexity index is 38.0. The quantitative estimate of drug-likeness (QED) is 0.457. The summed E-state index contributed by atoms with van der Waals surface area (Å²) in [7, 11) is 0. The summed E-state index contributed by atoms with van der Waals surface area (Å²) >= 11 is 0. The summed E-state index contributed by atoms with van der Waals surface area (Å²) in [5.74, 6) is 0. The maximum Gasteiger partial charge on any atom is -0.0382 e. The van der Waals surface area contributed by atoms with Crippen molar-refractivity contribution in [3.63, 3.8) is 0 Å². The van der Waals surface area contributed by atoms with Crippen molar-refractivity contribution in [3.05, 3.63) is 12.7 Å². The van der Waals surface area contributed by atoms with Crippen LogP contribution in [0.2, 0.25) is 0 Å². The molecule has 0 N–H and O–H groups in total. The standard InChI is InChI=1S/2C4H8/c1-2-4-3-1;1-3-4-2/h1-4H2;3H,1,4H2,2H3. The molecule has 1 rings (SSSR count). The van der Waals surface area contributed by atoms with Gasteiger partial charge in [0, 0.05) is 0 Å². The van der Waals surface area contributed by atoms with Gasteiger partial charge < -0.3 is 0 Å². The molecule has 0 atom stereocenters. The Labute approximate surface area is 52.6 Å². The second-order valence-corrected chi connectivity index (χ2v) is 2.11. The summed E-state index contributed by atoms with van der Waals surface area (Å²) in [5, 5.41) is 0. The van der Waals surface area contributed by atoms with Crippen LogP contribution in [-0.2, 0) is 0 Å². The number of hydrogen-bond acceptors (Lipinski definition) is 0. The molecule has 0 saturated heterocycles. The first kappa shape index (κ1) is 7.74. The molecule has 48 valence electrons. The molecule has 0 aromatic heterocycles. The summed E-state index contributed by atoms with van der Waals surface area (Å²) in [5.41, 5.74) is 0. The molecular formula is C8H16. The Balaban J connectivity index is 0.000000122. The van der Waals surface area contributed by atoms with Crippen LogP contribution in [-0.4, -0.2) is 0 Å². The molecule has 0 aromatic carbocycles. The van der Waals surface area contributed by atoms with Gasteiger partial charge in [-0.3, -0.25) is 0 Å². The third-order valence-corrected chi connectivity index (χ3v) is 1.29. The summed E-state index contributed by atoms with van der Waals surface area (Å²) < 4.78 is 0. The fourth-order valence-electron chi connectivity index (χ4n) is 0.250. The molecule has 0 nitrogen and oxygen atoms in total. The lowest BCUT2D eigenvalue weighted by Crippen LogP contribution is -1.85. The van der Waals surface area contributed by atoms with Gasteiger partial charge in [0.15, 0.2) is 0 Å². The lowest BCUT2D eigenvalue weighted by molar-refractivity contribution is 0.504. The largest absolute Gasteiger partial charge is 0.103 e. The molecule has 1 aliphatic carbocycles. The molecule has 0 heterocycles. The zero-order valence-electron chi connectivity index (χ0n) is 5.82. The highest BCUT2D eigenvalue weighted by Gasteiger charge is 1.95. The fraction of sp³-hybridized carbons (Fsp3) is 0.750. The minimum atomic E-state index is 1.08. The van der Waals surface area contributed by atoms with E-state index in [0.29, 0.717) is 0 Å². The minimum Gasteiger partial charge on any atom is -0.103 e. The summed E-state index contributed by atoms with van der Waals surface area (Å²) in [4.78, 5) is 0. The van der Waals surface area contributed by atoms with E-state index in [1.807, 2.05) is 6.08 Å². The van der Waals surface area contributed by atoms with E-state index in [-0.39, 0.29) is 0 Å². The van der Waals surface area contributed by atoms with Crippen LogP contribution < -0.4 is 0 Å². The SMILES string of the molecule is C1CCC1.C=CCC. The van der Waals surface area contributed by atoms with Crippen molar-refractivity contribution in [2.24, 2.45) is 0 Å². The molecule has 0 spiro atoms. The van der Waals surface area contributed by atoms with Crippen molar-refractivity contribution in [2.45, 2.75) is 39.0 Å². The predicted molar refractivity (Wildman–Crippen MR) is 39.0 cm³/mol. The molecule has 0 heteroatoms. The summed E-state index contributed by atoms with van der Waals surface area (Å²) in [6.07, 6.45) is 8.96. The van der Waals surface area contributed by atoms with Gasteiger partial charge in [-0.05, 0) is 6.42 Å². The predicted octanol–water partition coefficient (Wildman–Crippen LogP) is 3.14. The number of rotatable bonds is 1. The first-order chi connectivity index (χ1) is 3.91. The normalized spacial score (nSPS) is 15.1. The van der Waals surface area contributed by atoms with Crippen molar-refractivity contribution >= 4 is 0 Å². The molecule has 8 heavy (non-hydrogen) atoms. The van der Waals surface area contributed by atoms with Crippen LogP contribution in [0, 0.1) is 0 Å². The van der Waals surface area contributed by atoms with E-state index in [0.717, 1.165) is 6.42 Å². The third-order valence-electron chi connectivity index (χ3n) is 1.29. The van der Waals surface area contributed by atoms with Gasteiger partial charge in [-0.25, -0.2) is 0 Å². The van der Waals surface area contributed by atoms with Crippen LogP contribution in [0.25, 0.3) is 0 Å². The van der Waals surface area contributed by atoms with E-state index in [2.05, 4.69) is 13.5 Å². The molecule has 0 radical (unpaired) electrons. The van der Waals surface area contributed by atoms with Crippen molar-refractivity contribution in [3.8, 4) is 0 Å².